The minimum Gasteiger partial charge on any atom is -0.329 e. The molecule has 0 radical (unpaired) electrons. The van der Waals surface area contributed by atoms with Crippen molar-refractivity contribution in [1.29, 1.82) is 0 Å². The summed E-state index contributed by atoms with van der Waals surface area (Å²) >= 11 is 1.38. The molecular weight excluding hydrogens is 266 g/mol. The third-order valence-electron chi connectivity index (χ3n) is 2.53. The second-order valence-electron chi connectivity index (χ2n) is 4.02. The molecule has 19 heavy (non-hydrogen) atoms. The van der Waals surface area contributed by atoms with E-state index in [2.05, 4.69) is 0 Å². The quantitative estimate of drug-likeness (QED) is 0.765. The molecule has 2 amide bonds. The Bertz CT molecular complexity index is 473. The highest BCUT2D eigenvalue weighted by Gasteiger charge is 2.32. The van der Waals surface area contributed by atoms with Crippen LogP contribution in [0.2, 0.25) is 0 Å². The molecule has 0 spiro atoms. The second-order valence-corrected chi connectivity index (χ2v) is 5.01. The number of hydrogen-bond acceptors (Lipinski definition) is 5. The summed E-state index contributed by atoms with van der Waals surface area (Å²) in [5.41, 5.74) is 1.11. The van der Waals surface area contributed by atoms with Crippen molar-refractivity contribution in [1.82, 2.24) is 5.06 Å². The summed E-state index contributed by atoms with van der Waals surface area (Å²) in [4.78, 5) is 38.7. The molecule has 1 heterocycles. The van der Waals surface area contributed by atoms with Crippen LogP contribution in [0.5, 0.6) is 0 Å². The highest BCUT2D eigenvalue weighted by Crippen LogP contribution is 2.15. The van der Waals surface area contributed by atoms with Gasteiger partial charge in [0.25, 0.3) is 11.8 Å². The molecule has 0 N–H and O–H groups in total. The highest BCUT2D eigenvalue weighted by atomic mass is 32.2. The number of carbonyl (C=O) groups is 3. The minimum atomic E-state index is -0.579. The molecule has 0 saturated carbocycles. The SMILES string of the molecule is O=C(CSCc1ccccc1)ON1C(=O)CCC1=O. The number of imide groups is 1. The van der Waals surface area contributed by atoms with E-state index in [1.807, 2.05) is 30.3 Å². The van der Waals surface area contributed by atoms with Crippen molar-refractivity contribution in [2.45, 2.75) is 18.6 Å². The Kier molecular flexibility index (Phi) is 4.57. The molecule has 1 saturated heterocycles. The van der Waals surface area contributed by atoms with E-state index in [1.165, 1.54) is 11.8 Å². The lowest BCUT2D eigenvalue weighted by Crippen LogP contribution is -2.32. The lowest BCUT2D eigenvalue weighted by atomic mass is 10.2. The van der Waals surface area contributed by atoms with E-state index in [0.29, 0.717) is 10.8 Å². The van der Waals surface area contributed by atoms with E-state index in [4.69, 9.17) is 4.84 Å². The van der Waals surface area contributed by atoms with Gasteiger partial charge in [0.05, 0.1) is 5.75 Å². The first-order valence-corrected chi connectivity index (χ1v) is 7.00. The van der Waals surface area contributed by atoms with Gasteiger partial charge < -0.3 is 4.84 Å². The zero-order valence-electron chi connectivity index (χ0n) is 10.2. The molecular formula is C13H13NO4S. The van der Waals surface area contributed by atoms with Gasteiger partial charge in [-0.25, -0.2) is 4.79 Å². The van der Waals surface area contributed by atoms with Gasteiger partial charge in [0.1, 0.15) is 0 Å². The smallest absolute Gasteiger partial charge is 0.329 e. The average Bonchev–Trinajstić information content (AvgIpc) is 2.72. The summed E-state index contributed by atoms with van der Waals surface area (Å²) in [5.74, 6) is -0.702. The summed E-state index contributed by atoms with van der Waals surface area (Å²) in [5, 5.41) is 0.575. The van der Waals surface area contributed by atoms with Crippen molar-refractivity contribution in [2.24, 2.45) is 0 Å². The molecule has 1 aliphatic rings. The summed E-state index contributed by atoms with van der Waals surface area (Å²) in [7, 11) is 0. The number of amides is 2. The number of hydrogen-bond donors (Lipinski definition) is 0. The largest absolute Gasteiger partial charge is 0.343 e. The van der Waals surface area contributed by atoms with Crippen LogP contribution < -0.4 is 0 Å². The van der Waals surface area contributed by atoms with Gasteiger partial charge in [-0.05, 0) is 5.56 Å². The van der Waals surface area contributed by atoms with Crippen LogP contribution in [-0.2, 0) is 25.0 Å². The van der Waals surface area contributed by atoms with Crippen molar-refractivity contribution in [3.8, 4) is 0 Å². The molecule has 0 atom stereocenters. The molecule has 0 unspecified atom stereocenters. The lowest BCUT2D eigenvalue weighted by molar-refractivity contribution is -0.195. The van der Waals surface area contributed by atoms with Crippen molar-refractivity contribution >= 4 is 29.5 Å². The Morgan fingerprint density at radius 2 is 1.79 bits per heavy atom. The van der Waals surface area contributed by atoms with Gasteiger partial charge in [-0.2, -0.15) is 0 Å². The van der Waals surface area contributed by atoms with E-state index in [0.717, 1.165) is 5.56 Å². The van der Waals surface area contributed by atoms with Crippen LogP contribution in [0.25, 0.3) is 0 Å². The van der Waals surface area contributed by atoms with Crippen LogP contribution in [0.15, 0.2) is 30.3 Å². The molecule has 6 heteroatoms. The molecule has 0 aliphatic carbocycles. The third-order valence-corrected chi connectivity index (χ3v) is 3.51. The minimum absolute atomic E-state index is 0.103. The maximum atomic E-state index is 11.5. The first-order valence-electron chi connectivity index (χ1n) is 5.85. The molecule has 5 nitrogen and oxygen atoms in total. The molecule has 2 rings (SSSR count). The average molecular weight is 279 g/mol. The van der Waals surface area contributed by atoms with Gasteiger partial charge in [0, 0.05) is 18.6 Å². The number of nitrogens with zero attached hydrogens (tertiary/aromatic N) is 1. The van der Waals surface area contributed by atoms with Crippen molar-refractivity contribution in [3.05, 3.63) is 35.9 Å². The number of thioether (sulfide) groups is 1. The first kappa shape index (κ1) is 13.6. The van der Waals surface area contributed by atoms with Crippen LogP contribution >= 0.6 is 11.8 Å². The summed E-state index contributed by atoms with van der Waals surface area (Å²) in [6.45, 7) is 0. The molecule has 1 aliphatic heterocycles. The number of rotatable bonds is 5. The number of hydroxylamine groups is 2. The van der Waals surface area contributed by atoms with Crippen LogP contribution in [0.1, 0.15) is 18.4 Å². The number of benzene rings is 1. The predicted molar refractivity (Wildman–Crippen MR) is 69.8 cm³/mol. The Hall–Kier alpha value is -1.82. The summed E-state index contributed by atoms with van der Waals surface area (Å²) < 4.78 is 0. The summed E-state index contributed by atoms with van der Waals surface area (Å²) in [6, 6.07) is 9.70. The van der Waals surface area contributed by atoms with Crippen molar-refractivity contribution in [3.63, 3.8) is 0 Å². The first-order chi connectivity index (χ1) is 9.16. The Morgan fingerprint density at radius 1 is 1.16 bits per heavy atom. The van der Waals surface area contributed by atoms with Gasteiger partial charge in [0.15, 0.2) is 0 Å². The number of carbonyl (C=O) groups excluding carboxylic acids is 3. The highest BCUT2D eigenvalue weighted by molar-refractivity contribution is 7.99. The fourth-order valence-corrected chi connectivity index (χ4v) is 2.36. The van der Waals surface area contributed by atoms with Crippen LogP contribution in [0.4, 0.5) is 0 Å². The molecule has 1 aromatic rings. The maximum Gasteiger partial charge on any atom is 0.343 e. The van der Waals surface area contributed by atoms with Gasteiger partial charge in [0.2, 0.25) is 0 Å². The maximum absolute atomic E-state index is 11.5. The van der Waals surface area contributed by atoms with E-state index in [-0.39, 0.29) is 18.6 Å². The van der Waals surface area contributed by atoms with Gasteiger partial charge in [-0.3, -0.25) is 9.59 Å². The van der Waals surface area contributed by atoms with E-state index < -0.39 is 17.8 Å². The fraction of sp³-hybridized carbons (Fsp3) is 0.308. The Morgan fingerprint density at radius 3 is 2.42 bits per heavy atom. The molecule has 0 bridgehead atoms. The van der Waals surface area contributed by atoms with Crippen LogP contribution in [0, 0.1) is 0 Å². The zero-order valence-corrected chi connectivity index (χ0v) is 11.0. The zero-order chi connectivity index (χ0) is 13.7. The van der Waals surface area contributed by atoms with Gasteiger partial charge >= 0.3 is 5.97 Å². The van der Waals surface area contributed by atoms with E-state index in [9.17, 15) is 14.4 Å². The fourth-order valence-electron chi connectivity index (χ4n) is 1.61. The molecule has 0 aromatic heterocycles. The molecule has 100 valence electrons. The van der Waals surface area contributed by atoms with Crippen molar-refractivity contribution < 1.29 is 19.2 Å². The van der Waals surface area contributed by atoms with Crippen molar-refractivity contribution in [2.75, 3.05) is 5.75 Å². The standard InChI is InChI=1S/C13H13NO4S/c15-11-6-7-12(16)14(11)18-13(17)9-19-8-10-4-2-1-3-5-10/h1-5H,6-9H2. The second kappa shape index (κ2) is 6.38. The molecule has 1 fully saturated rings. The summed E-state index contributed by atoms with van der Waals surface area (Å²) in [6.07, 6.45) is 0.229. The Balaban J connectivity index is 1.73. The van der Waals surface area contributed by atoms with Crippen LogP contribution in [0.3, 0.4) is 0 Å². The van der Waals surface area contributed by atoms with Crippen LogP contribution in [-0.4, -0.2) is 28.6 Å². The Labute approximate surface area is 114 Å². The third kappa shape index (κ3) is 3.82. The molecule has 1 aromatic carbocycles. The van der Waals surface area contributed by atoms with E-state index in [1.54, 1.807) is 0 Å². The monoisotopic (exact) mass is 279 g/mol. The topological polar surface area (TPSA) is 63.7 Å². The van der Waals surface area contributed by atoms with Gasteiger partial charge in [-0.15, -0.1) is 16.8 Å². The van der Waals surface area contributed by atoms with E-state index >= 15 is 0 Å². The normalized spacial score (nSPS) is 14.8. The predicted octanol–water partition coefficient (Wildman–Crippen LogP) is 1.53. The lowest BCUT2D eigenvalue weighted by Gasteiger charge is -2.12. The van der Waals surface area contributed by atoms with Gasteiger partial charge in [-0.1, -0.05) is 30.3 Å².